The lowest BCUT2D eigenvalue weighted by atomic mass is 10.1. The summed E-state index contributed by atoms with van der Waals surface area (Å²) >= 11 is 0. The highest BCUT2D eigenvalue weighted by Gasteiger charge is 2.11. The molecule has 6 nitrogen and oxygen atoms in total. The van der Waals surface area contributed by atoms with Crippen LogP contribution in [0.3, 0.4) is 0 Å². The number of hydrogen-bond donors (Lipinski definition) is 3. The summed E-state index contributed by atoms with van der Waals surface area (Å²) in [6, 6.07) is 25.7. The first-order chi connectivity index (χ1) is 17.1. The van der Waals surface area contributed by atoms with Crippen molar-refractivity contribution >= 4 is 28.2 Å². The molecule has 0 saturated heterocycles. The van der Waals surface area contributed by atoms with E-state index in [0.29, 0.717) is 30.2 Å². The summed E-state index contributed by atoms with van der Waals surface area (Å²) in [7, 11) is 0. The van der Waals surface area contributed by atoms with Gasteiger partial charge in [-0.25, -0.2) is 4.98 Å². The molecule has 180 valence electrons. The van der Waals surface area contributed by atoms with Crippen molar-refractivity contribution < 1.29 is 9.53 Å². The fourth-order valence-electron chi connectivity index (χ4n) is 4.07. The van der Waals surface area contributed by atoms with Gasteiger partial charge in [0.15, 0.2) is 0 Å². The zero-order chi connectivity index (χ0) is 24.5. The average Bonchev–Trinajstić information content (AvgIpc) is 2.87. The summed E-state index contributed by atoms with van der Waals surface area (Å²) in [6.45, 7) is 4.25. The van der Waals surface area contributed by atoms with E-state index < -0.39 is 0 Å². The Bertz CT molecular complexity index is 1250. The lowest BCUT2D eigenvalue weighted by molar-refractivity contribution is 0.0352. The fourth-order valence-corrected chi connectivity index (χ4v) is 4.07. The highest BCUT2D eigenvalue weighted by Crippen LogP contribution is 2.20. The lowest BCUT2D eigenvalue weighted by Crippen LogP contribution is -2.28. The van der Waals surface area contributed by atoms with E-state index in [2.05, 4.69) is 65.0 Å². The summed E-state index contributed by atoms with van der Waals surface area (Å²) in [5, 5.41) is 8.83. The first kappa shape index (κ1) is 24.4. The molecule has 0 aliphatic carbocycles. The molecule has 4 rings (SSSR count). The molecule has 3 aromatic carbocycles. The van der Waals surface area contributed by atoms with Gasteiger partial charge in [-0.15, -0.1) is 0 Å². The number of ether oxygens (including phenoxy) is 1. The highest BCUT2D eigenvalue weighted by atomic mass is 16.5. The van der Waals surface area contributed by atoms with E-state index in [1.54, 1.807) is 18.3 Å². The van der Waals surface area contributed by atoms with Crippen LogP contribution in [-0.2, 0) is 17.9 Å². The second-order valence-electron chi connectivity index (χ2n) is 8.61. The monoisotopic (exact) mass is 468 g/mol. The Balaban J connectivity index is 1.27. The Morgan fingerprint density at radius 3 is 2.63 bits per heavy atom. The van der Waals surface area contributed by atoms with Gasteiger partial charge in [-0.1, -0.05) is 67.9 Å². The van der Waals surface area contributed by atoms with Crippen LogP contribution in [0.1, 0.15) is 41.3 Å². The van der Waals surface area contributed by atoms with Crippen molar-refractivity contribution in [2.24, 2.45) is 0 Å². The first-order valence-electron chi connectivity index (χ1n) is 12.0. The molecule has 1 heterocycles. The maximum atomic E-state index is 12.5. The van der Waals surface area contributed by atoms with Crippen molar-refractivity contribution in [3.8, 4) is 0 Å². The number of amides is 1. The SMILES string of the molecule is CCCC(CNCc1ccc(C(=O)Nc2ccnc(N)c2)cc1)OCc1cccc2ccccc12. The van der Waals surface area contributed by atoms with Crippen LogP contribution in [0.2, 0.25) is 0 Å². The van der Waals surface area contributed by atoms with Gasteiger partial charge in [0.2, 0.25) is 0 Å². The third kappa shape index (κ3) is 6.88. The molecule has 6 heteroatoms. The number of benzene rings is 3. The van der Waals surface area contributed by atoms with Gasteiger partial charge in [0, 0.05) is 36.6 Å². The third-order valence-corrected chi connectivity index (χ3v) is 5.92. The number of carbonyl (C=O) groups is 1. The van der Waals surface area contributed by atoms with Gasteiger partial charge in [-0.2, -0.15) is 0 Å². The number of anilines is 2. The average molecular weight is 469 g/mol. The Morgan fingerprint density at radius 2 is 1.83 bits per heavy atom. The second-order valence-corrected chi connectivity index (χ2v) is 8.61. The van der Waals surface area contributed by atoms with Gasteiger partial charge in [0.1, 0.15) is 5.82 Å². The molecule has 35 heavy (non-hydrogen) atoms. The van der Waals surface area contributed by atoms with E-state index in [0.717, 1.165) is 24.9 Å². The number of nitrogens with two attached hydrogens (primary N) is 1. The number of aromatic nitrogens is 1. The van der Waals surface area contributed by atoms with Crippen LogP contribution in [0.4, 0.5) is 11.5 Å². The molecule has 1 aromatic heterocycles. The maximum absolute atomic E-state index is 12.5. The van der Waals surface area contributed by atoms with E-state index >= 15 is 0 Å². The number of rotatable bonds is 11. The molecule has 1 amide bonds. The Hall–Kier alpha value is -3.74. The Kier molecular flexibility index (Phi) is 8.44. The van der Waals surface area contributed by atoms with Crippen LogP contribution in [0.15, 0.2) is 85.1 Å². The first-order valence-corrected chi connectivity index (χ1v) is 12.0. The van der Waals surface area contributed by atoms with Gasteiger partial charge < -0.3 is 21.1 Å². The largest absolute Gasteiger partial charge is 0.384 e. The molecule has 1 unspecified atom stereocenters. The summed E-state index contributed by atoms with van der Waals surface area (Å²) in [4.78, 5) is 16.4. The van der Waals surface area contributed by atoms with Crippen LogP contribution >= 0.6 is 0 Å². The van der Waals surface area contributed by atoms with E-state index in [1.165, 1.54) is 16.3 Å². The second kappa shape index (κ2) is 12.1. The van der Waals surface area contributed by atoms with Crippen molar-refractivity contribution in [2.75, 3.05) is 17.6 Å². The smallest absolute Gasteiger partial charge is 0.255 e. The minimum Gasteiger partial charge on any atom is -0.384 e. The molecule has 0 fully saturated rings. The van der Waals surface area contributed by atoms with E-state index in [4.69, 9.17) is 10.5 Å². The van der Waals surface area contributed by atoms with Gasteiger partial charge in [0.05, 0.1) is 12.7 Å². The predicted molar refractivity (Wildman–Crippen MR) is 142 cm³/mol. The zero-order valence-electron chi connectivity index (χ0n) is 20.0. The standard InChI is InChI=1S/C29H32N4O2/c1-2-6-26(35-20-24-9-5-8-22-7-3-4-10-27(22)24)19-31-18-21-11-13-23(14-12-21)29(34)33-25-15-16-32-28(30)17-25/h3-5,7-17,26,31H,2,6,18-20H2,1H3,(H3,30,32,33,34). The number of nitrogens with one attached hydrogen (secondary N) is 2. The number of nitrogen functional groups attached to an aromatic ring is 1. The van der Waals surface area contributed by atoms with E-state index in [-0.39, 0.29) is 12.0 Å². The number of hydrogen-bond acceptors (Lipinski definition) is 5. The number of carbonyl (C=O) groups excluding carboxylic acids is 1. The molecule has 0 radical (unpaired) electrons. The normalized spacial score (nSPS) is 11.9. The van der Waals surface area contributed by atoms with Crippen LogP contribution < -0.4 is 16.4 Å². The Labute approximate surface area is 206 Å². The van der Waals surface area contributed by atoms with Crippen LogP contribution in [0.25, 0.3) is 10.8 Å². The molecule has 0 aliphatic heterocycles. The minimum atomic E-state index is -0.181. The topological polar surface area (TPSA) is 89.3 Å². The Morgan fingerprint density at radius 1 is 1.03 bits per heavy atom. The summed E-state index contributed by atoms with van der Waals surface area (Å²) in [6.07, 6.45) is 3.76. The molecule has 0 bridgehead atoms. The highest BCUT2D eigenvalue weighted by molar-refractivity contribution is 6.04. The minimum absolute atomic E-state index is 0.136. The van der Waals surface area contributed by atoms with Gasteiger partial charge in [-0.05, 0) is 46.5 Å². The predicted octanol–water partition coefficient (Wildman–Crippen LogP) is 5.54. The van der Waals surface area contributed by atoms with Crippen LogP contribution in [0.5, 0.6) is 0 Å². The van der Waals surface area contributed by atoms with Crippen molar-refractivity contribution in [1.82, 2.24) is 10.3 Å². The van der Waals surface area contributed by atoms with Crippen LogP contribution in [-0.4, -0.2) is 23.5 Å². The quantitative estimate of drug-likeness (QED) is 0.269. The van der Waals surface area contributed by atoms with Gasteiger partial charge in [-0.3, -0.25) is 4.79 Å². The molecule has 4 N–H and O–H groups in total. The molecule has 0 aliphatic rings. The van der Waals surface area contributed by atoms with Gasteiger partial charge in [0.25, 0.3) is 5.91 Å². The zero-order valence-corrected chi connectivity index (χ0v) is 20.0. The van der Waals surface area contributed by atoms with Crippen molar-refractivity contribution in [1.29, 1.82) is 0 Å². The fraction of sp³-hybridized carbons (Fsp3) is 0.241. The van der Waals surface area contributed by atoms with Crippen LogP contribution in [0, 0.1) is 0 Å². The number of fused-ring (bicyclic) bond motifs is 1. The number of pyridine rings is 1. The van der Waals surface area contributed by atoms with E-state index in [1.807, 2.05) is 24.3 Å². The lowest BCUT2D eigenvalue weighted by Gasteiger charge is -2.19. The third-order valence-electron chi connectivity index (χ3n) is 5.92. The molecule has 0 spiro atoms. The molecule has 4 aromatic rings. The summed E-state index contributed by atoms with van der Waals surface area (Å²) in [5.41, 5.74) is 9.21. The molecular weight excluding hydrogens is 436 g/mol. The summed E-state index contributed by atoms with van der Waals surface area (Å²) < 4.78 is 6.30. The van der Waals surface area contributed by atoms with Crippen molar-refractivity contribution in [2.45, 2.75) is 39.0 Å². The molecule has 0 saturated carbocycles. The van der Waals surface area contributed by atoms with E-state index in [9.17, 15) is 4.79 Å². The summed E-state index contributed by atoms with van der Waals surface area (Å²) in [5.74, 6) is 0.187. The maximum Gasteiger partial charge on any atom is 0.255 e. The van der Waals surface area contributed by atoms with Crippen molar-refractivity contribution in [3.63, 3.8) is 0 Å². The molecule has 1 atom stereocenters. The van der Waals surface area contributed by atoms with Crippen molar-refractivity contribution in [3.05, 3.63) is 102 Å². The number of nitrogens with zero attached hydrogens (tertiary/aromatic N) is 1. The van der Waals surface area contributed by atoms with Gasteiger partial charge >= 0.3 is 0 Å². The molecular formula is C29H32N4O2.